The highest BCUT2D eigenvalue weighted by Gasteiger charge is 2.42. The van der Waals surface area contributed by atoms with E-state index in [1.165, 1.54) is 49.9 Å². The number of likely N-dealkylation sites (tertiary alicyclic amines) is 1. The maximum atomic E-state index is 4.40. The van der Waals surface area contributed by atoms with Crippen molar-refractivity contribution in [3.63, 3.8) is 0 Å². The van der Waals surface area contributed by atoms with E-state index in [4.69, 9.17) is 0 Å². The lowest BCUT2D eigenvalue weighted by Gasteiger charge is -2.47. The largest absolute Gasteiger partial charge is 0.311 e. The van der Waals surface area contributed by atoms with Gasteiger partial charge in [0.2, 0.25) is 0 Å². The summed E-state index contributed by atoms with van der Waals surface area (Å²) >= 11 is 0. The molecule has 20 heavy (non-hydrogen) atoms. The number of nitrogens with one attached hydrogen (secondary N) is 1. The fourth-order valence-electron chi connectivity index (χ4n) is 3.93. The van der Waals surface area contributed by atoms with Crippen molar-refractivity contribution in [2.24, 2.45) is 0 Å². The minimum absolute atomic E-state index is 0.209. The highest BCUT2D eigenvalue weighted by molar-refractivity contribution is 5.24. The van der Waals surface area contributed by atoms with Crippen molar-refractivity contribution in [3.8, 4) is 0 Å². The van der Waals surface area contributed by atoms with Gasteiger partial charge in [0, 0.05) is 17.9 Å². The standard InChI is InChI=1S/C17H29N3/c1-5-17(6-2,20-9-7-8-10-20)16(18-4)15-11-14(3)12-19-13-15/h11-13,16,18H,5-10H2,1-4H3. The lowest BCUT2D eigenvalue weighted by Crippen LogP contribution is -2.54. The third-order valence-electron chi connectivity index (χ3n) is 5.02. The van der Waals surface area contributed by atoms with Gasteiger partial charge in [0.1, 0.15) is 0 Å². The third-order valence-corrected chi connectivity index (χ3v) is 5.02. The molecule has 0 amide bonds. The van der Waals surface area contributed by atoms with E-state index in [0.29, 0.717) is 6.04 Å². The van der Waals surface area contributed by atoms with Crippen LogP contribution in [0, 0.1) is 6.92 Å². The zero-order valence-electron chi connectivity index (χ0n) is 13.4. The molecule has 0 spiro atoms. The molecule has 3 heteroatoms. The van der Waals surface area contributed by atoms with Crippen molar-refractivity contribution in [1.82, 2.24) is 15.2 Å². The lowest BCUT2D eigenvalue weighted by molar-refractivity contribution is 0.0645. The quantitative estimate of drug-likeness (QED) is 0.863. The summed E-state index contributed by atoms with van der Waals surface area (Å²) in [5.74, 6) is 0. The van der Waals surface area contributed by atoms with Gasteiger partial charge in [0.15, 0.2) is 0 Å². The van der Waals surface area contributed by atoms with Crippen LogP contribution in [-0.2, 0) is 0 Å². The van der Waals surface area contributed by atoms with Gasteiger partial charge in [0.05, 0.1) is 6.04 Å². The molecule has 1 aliphatic heterocycles. The molecule has 1 aromatic rings. The number of nitrogens with zero attached hydrogens (tertiary/aromatic N) is 2. The number of pyridine rings is 1. The number of aromatic nitrogens is 1. The third kappa shape index (κ3) is 2.75. The van der Waals surface area contributed by atoms with E-state index < -0.39 is 0 Å². The van der Waals surface area contributed by atoms with Crippen molar-refractivity contribution in [2.45, 2.75) is 58.0 Å². The first-order chi connectivity index (χ1) is 9.67. The molecule has 0 radical (unpaired) electrons. The van der Waals surface area contributed by atoms with Crippen LogP contribution in [0.1, 0.15) is 56.7 Å². The average Bonchev–Trinajstić information content (AvgIpc) is 2.99. The normalized spacial score (nSPS) is 18.4. The van der Waals surface area contributed by atoms with E-state index >= 15 is 0 Å². The Kier molecular flexibility index (Phi) is 5.17. The Bertz CT molecular complexity index is 420. The summed E-state index contributed by atoms with van der Waals surface area (Å²) in [5.41, 5.74) is 2.77. The SMILES string of the molecule is CCC(CC)(C(NC)c1cncc(C)c1)N1CCCC1. The predicted molar refractivity (Wildman–Crippen MR) is 84.9 cm³/mol. The van der Waals surface area contributed by atoms with Crippen molar-refractivity contribution in [3.05, 3.63) is 29.6 Å². The van der Waals surface area contributed by atoms with Gasteiger partial charge in [-0.3, -0.25) is 9.88 Å². The summed E-state index contributed by atoms with van der Waals surface area (Å²) in [6.07, 6.45) is 8.98. The Hall–Kier alpha value is -0.930. The predicted octanol–water partition coefficient (Wildman–Crippen LogP) is 3.31. The summed E-state index contributed by atoms with van der Waals surface area (Å²) in [6.45, 7) is 9.25. The average molecular weight is 275 g/mol. The van der Waals surface area contributed by atoms with E-state index in [1.807, 2.05) is 12.4 Å². The Labute approximate surface area is 123 Å². The highest BCUT2D eigenvalue weighted by Crippen LogP contribution is 2.39. The van der Waals surface area contributed by atoms with Crippen LogP contribution >= 0.6 is 0 Å². The number of aryl methyl sites for hydroxylation is 1. The molecule has 1 unspecified atom stereocenters. The molecule has 0 saturated carbocycles. The van der Waals surface area contributed by atoms with Crippen LogP contribution in [0.5, 0.6) is 0 Å². The summed E-state index contributed by atoms with van der Waals surface area (Å²) < 4.78 is 0. The fourth-order valence-corrected chi connectivity index (χ4v) is 3.93. The molecular weight excluding hydrogens is 246 g/mol. The van der Waals surface area contributed by atoms with E-state index in [-0.39, 0.29) is 5.54 Å². The first-order valence-electron chi connectivity index (χ1n) is 8.01. The van der Waals surface area contributed by atoms with Crippen LogP contribution in [0.25, 0.3) is 0 Å². The van der Waals surface area contributed by atoms with Crippen LogP contribution in [0.2, 0.25) is 0 Å². The fraction of sp³-hybridized carbons (Fsp3) is 0.706. The van der Waals surface area contributed by atoms with Crippen molar-refractivity contribution < 1.29 is 0 Å². The van der Waals surface area contributed by atoms with Crippen LogP contribution in [-0.4, -0.2) is 35.6 Å². The Balaban J connectivity index is 2.38. The monoisotopic (exact) mass is 275 g/mol. The summed E-state index contributed by atoms with van der Waals surface area (Å²) in [4.78, 5) is 7.11. The molecule has 1 aliphatic rings. The second kappa shape index (κ2) is 6.68. The van der Waals surface area contributed by atoms with Gasteiger partial charge < -0.3 is 5.32 Å². The van der Waals surface area contributed by atoms with Gasteiger partial charge >= 0.3 is 0 Å². The van der Waals surface area contributed by atoms with Gasteiger partial charge in [-0.15, -0.1) is 0 Å². The summed E-state index contributed by atoms with van der Waals surface area (Å²) in [7, 11) is 2.09. The topological polar surface area (TPSA) is 28.2 Å². The number of hydrogen-bond donors (Lipinski definition) is 1. The second-order valence-corrected chi connectivity index (χ2v) is 6.02. The summed E-state index contributed by atoms with van der Waals surface area (Å²) in [6, 6.07) is 2.63. The zero-order valence-corrected chi connectivity index (χ0v) is 13.4. The summed E-state index contributed by atoms with van der Waals surface area (Å²) in [5, 5.41) is 3.58. The van der Waals surface area contributed by atoms with Crippen LogP contribution in [0.3, 0.4) is 0 Å². The van der Waals surface area contributed by atoms with Crippen LogP contribution in [0.4, 0.5) is 0 Å². The molecule has 0 bridgehead atoms. The Morgan fingerprint density at radius 3 is 2.40 bits per heavy atom. The molecule has 2 rings (SSSR count). The van der Waals surface area contributed by atoms with Crippen LogP contribution < -0.4 is 5.32 Å². The van der Waals surface area contributed by atoms with E-state index in [9.17, 15) is 0 Å². The van der Waals surface area contributed by atoms with Gasteiger partial charge in [-0.05, 0) is 63.9 Å². The van der Waals surface area contributed by atoms with E-state index in [2.05, 4.69) is 49.1 Å². The second-order valence-electron chi connectivity index (χ2n) is 6.02. The molecule has 0 aromatic carbocycles. The smallest absolute Gasteiger partial charge is 0.0519 e. The van der Waals surface area contributed by atoms with Gasteiger partial charge in [-0.1, -0.05) is 19.9 Å². The zero-order chi connectivity index (χ0) is 14.6. The molecule has 1 fully saturated rings. The van der Waals surface area contributed by atoms with Crippen molar-refractivity contribution in [1.29, 1.82) is 0 Å². The first-order valence-corrected chi connectivity index (χ1v) is 8.01. The Morgan fingerprint density at radius 1 is 1.25 bits per heavy atom. The van der Waals surface area contributed by atoms with Crippen LogP contribution in [0.15, 0.2) is 18.5 Å². The molecule has 3 nitrogen and oxygen atoms in total. The van der Waals surface area contributed by atoms with Crippen molar-refractivity contribution >= 4 is 0 Å². The molecule has 1 aromatic heterocycles. The first kappa shape index (κ1) is 15.5. The number of likely N-dealkylation sites (N-methyl/N-ethyl adjacent to an activating group) is 1. The van der Waals surface area contributed by atoms with E-state index in [0.717, 1.165) is 0 Å². The maximum Gasteiger partial charge on any atom is 0.0519 e. The van der Waals surface area contributed by atoms with Crippen molar-refractivity contribution in [2.75, 3.05) is 20.1 Å². The molecular formula is C17H29N3. The maximum absolute atomic E-state index is 4.40. The Morgan fingerprint density at radius 2 is 1.90 bits per heavy atom. The van der Waals surface area contributed by atoms with Gasteiger partial charge in [0.25, 0.3) is 0 Å². The van der Waals surface area contributed by atoms with Gasteiger partial charge in [-0.25, -0.2) is 0 Å². The molecule has 2 heterocycles. The lowest BCUT2D eigenvalue weighted by atomic mass is 9.79. The molecule has 1 saturated heterocycles. The minimum atomic E-state index is 0.209. The molecule has 112 valence electrons. The minimum Gasteiger partial charge on any atom is -0.311 e. The van der Waals surface area contributed by atoms with E-state index in [1.54, 1.807) is 0 Å². The molecule has 0 aliphatic carbocycles. The molecule has 1 atom stereocenters. The highest BCUT2D eigenvalue weighted by atomic mass is 15.2. The molecule has 1 N–H and O–H groups in total. The number of hydrogen-bond acceptors (Lipinski definition) is 3. The number of rotatable bonds is 6. The van der Waals surface area contributed by atoms with Gasteiger partial charge in [-0.2, -0.15) is 0 Å².